The highest BCUT2D eigenvalue weighted by molar-refractivity contribution is 5.93. The summed E-state index contributed by atoms with van der Waals surface area (Å²) < 4.78 is 7.34. The highest BCUT2D eigenvalue weighted by Crippen LogP contribution is 2.38. The van der Waals surface area contributed by atoms with E-state index >= 15 is 0 Å². The van der Waals surface area contributed by atoms with Crippen LogP contribution in [0.15, 0.2) is 57.2 Å². The number of methoxy groups -OCH3 is 1. The molecule has 0 atom stereocenters. The number of H-pyrrole nitrogens is 1. The Morgan fingerprint density at radius 2 is 1.97 bits per heavy atom. The first kappa shape index (κ1) is 20.3. The van der Waals surface area contributed by atoms with Crippen LogP contribution in [-0.2, 0) is 6.54 Å². The Kier molecular flexibility index (Phi) is 5.52. The SMILES string of the molecule is COc1ccc(-n2c(=O)[nH]cc(C(=O)NCCn3cnc(C4CC4)cc3=O)c2=O)cc1. The first-order chi connectivity index (χ1) is 15.0. The van der Waals surface area contributed by atoms with Crippen LogP contribution in [0.5, 0.6) is 5.75 Å². The maximum Gasteiger partial charge on any atom is 0.333 e. The number of hydrogen-bond acceptors (Lipinski definition) is 6. The number of carbonyl (C=O) groups excluding carboxylic acids is 1. The topological polar surface area (TPSA) is 128 Å². The second kappa shape index (κ2) is 8.42. The maximum absolute atomic E-state index is 12.8. The van der Waals surface area contributed by atoms with E-state index in [1.54, 1.807) is 24.3 Å². The van der Waals surface area contributed by atoms with E-state index in [-0.39, 0.29) is 24.2 Å². The van der Waals surface area contributed by atoms with Gasteiger partial charge in [0.2, 0.25) is 0 Å². The second-order valence-corrected chi connectivity index (χ2v) is 7.22. The Labute approximate surface area is 176 Å². The van der Waals surface area contributed by atoms with Crippen LogP contribution in [0.2, 0.25) is 0 Å². The van der Waals surface area contributed by atoms with E-state index in [0.29, 0.717) is 17.4 Å². The Balaban J connectivity index is 1.48. The van der Waals surface area contributed by atoms with Gasteiger partial charge in [-0.2, -0.15) is 0 Å². The fraction of sp³-hybridized carbons (Fsp3) is 0.286. The van der Waals surface area contributed by atoms with Gasteiger partial charge in [0.1, 0.15) is 11.3 Å². The fourth-order valence-corrected chi connectivity index (χ4v) is 3.20. The Morgan fingerprint density at radius 3 is 2.61 bits per heavy atom. The minimum absolute atomic E-state index is 0.115. The Hall–Kier alpha value is -3.95. The molecule has 0 saturated heterocycles. The van der Waals surface area contributed by atoms with Crippen molar-refractivity contribution in [2.75, 3.05) is 13.7 Å². The summed E-state index contributed by atoms with van der Waals surface area (Å²) in [6.45, 7) is 0.322. The van der Waals surface area contributed by atoms with Gasteiger partial charge in [-0.05, 0) is 37.1 Å². The van der Waals surface area contributed by atoms with Crippen molar-refractivity contribution in [3.8, 4) is 11.4 Å². The summed E-state index contributed by atoms with van der Waals surface area (Å²) in [6.07, 6.45) is 4.66. The molecule has 1 fully saturated rings. The lowest BCUT2D eigenvalue weighted by molar-refractivity contribution is 0.0949. The van der Waals surface area contributed by atoms with Crippen molar-refractivity contribution in [2.24, 2.45) is 0 Å². The highest BCUT2D eigenvalue weighted by atomic mass is 16.5. The maximum atomic E-state index is 12.8. The third-order valence-corrected chi connectivity index (χ3v) is 5.09. The van der Waals surface area contributed by atoms with Crippen molar-refractivity contribution in [2.45, 2.75) is 25.3 Å². The molecule has 3 aromatic rings. The molecule has 2 aromatic heterocycles. The van der Waals surface area contributed by atoms with Gasteiger partial charge >= 0.3 is 5.69 Å². The monoisotopic (exact) mass is 423 g/mol. The minimum atomic E-state index is -0.751. The lowest BCUT2D eigenvalue weighted by Gasteiger charge is -2.10. The van der Waals surface area contributed by atoms with Crippen molar-refractivity contribution in [1.29, 1.82) is 0 Å². The van der Waals surface area contributed by atoms with Crippen LogP contribution in [0, 0.1) is 0 Å². The molecule has 2 N–H and O–H groups in total. The quantitative estimate of drug-likeness (QED) is 0.566. The van der Waals surface area contributed by atoms with E-state index in [9.17, 15) is 19.2 Å². The molecule has 1 amide bonds. The van der Waals surface area contributed by atoms with Crippen molar-refractivity contribution in [1.82, 2.24) is 24.4 Å². The van der Waals surface area contributed by atoms with Gasteiger partial charge in [-0.15, -0.1) is 0 Å². The number of amides is 1. The molecule has 2 heterocycles. The molecule has 0 aliphatic heterocycles. The van der Waals surface area contributed by atoms with Crippen molar-refractivity contribution in [3.05, 3.63) is 85.3 Å². The number of benzene rings is 1. The number of rotatable bonds is 7. The van der Waals surface area contributed by atoms with E-state index in [2.05, 4.69) is 15.3 Å². The average Bonchev–Trinajstić information content (AvgIpc) is 3.61. The summed E-state index contributed by atoms with van der Waals surface area (Å²) in [5.41, 5.74) is -0.714. The van der Waals surface area contributed by atoms with E-state index in [1.807, 2.05) is 0 Å². The number of ether oxygens (including phenoxy) is 1. The summed E-state index contributed by atoms with van der Waals surface area (Å²) in [5, 5.41) is 2.60. The van der Waals surface area contributed by atoms with Crippen molar-refractivity contribution < 1.29 is 9.53 Å². The predicted molar refractivity (Wildman–Crippen MR) is 112 cm³/mol. The first-order valence-electron chi connectivity index (χ1n) is 9.81. The summed E-state index contributed by atoms with van der Waals surface area (Å²) in [7, 11) is 1.50. The molecular formula is C21H21N5O5. The number of carbonyl (C=O) groups is 1. The minimum Gasteiger partial charge on any atom is -0.497 e. The lowest BCUT2D eigenvalue weighted by Crippen LogP contribution is -2.40. The van der Waals surface area contributed by atoms with Crippen LogP contribution in [0.4, 0.5) is 0 Å². The second-order valence-electron chi connectivity index (χ2n) is 7.22. The van der Waals surface area contributed by atoms with Gasteiger partial charge in [-0.3, -0.25) is 19.0 Å². The van der Waals surface area contributed by atoms with Crippen LogP contribution in [0.1, 0.15) is 34.8 Å². The summed E-state index contributed by atoms with van der Waals surface area (Å²) in [4.78, 5) is 56.3. The number of nitrogens with zero attached hydrogens (tertiary/aromatic N) is 3. The zero-order chi connectivity index (χ0) is 22.0. The molecule has 1 aromatic carbocycles. The van der Waals surface area contributed by atoms with Gasteiger partial charge in [-0.1, -0.05) is 0 Å². The van der Waals surface area contributed by atoms with Gasteiger partial charge in [-0.25, -0.2) is 14.3 Å². The molecular weight excluding hydrogens is 402 g/mol. The van der Waals surface area contributed by atoms with Gasteiger partial charge < -0.3 is 15.0 Å². The van der Waals surface area contributed by atoms with E-state index in [4.69, 9.17) is 4.74 Å². The lowest BCUT2D eigenvalue weighted by atomic mass is 10.2. The zero-order valence-corrected chi connectivity index (χ0v) is 16.8. The Bertz CT molecular complexity index is 1280. The molecule has 10 nitrogen and oxygen atoms in total. The van der Waals surface area contributed by atoms with E-state index < -0.39 is 17.2 Å². The fourth-order valence-electron chi connectivity index (χ4n) is 3.20. The number of aromatic nitrogens is 4. The normalized spacial score (nSPS) is 13.1. The van der Waals surface area contributed by atoms with Crippen LogP contribution >= 0.6 is 0 Å². The molecule has 160 valence electrons. The molecule has 10 heteroatoms. The molecule has 0 radical (unpaired) electrons. The van der Waals surface area contributed by atoms with E-state index in [0.717, 1.165) is 29.3 Å². The summed E-state index contributed by atoms with van der Waals surface area (Å²) >= 11 is 0. The molecule has 1 aliphatic carbocycles. The Morgan fingerprint density at radius 1 is 1.23 bits per heavy atom. The molecule has 0 spiro atoms. The van der Waals surface area contributed by atoms with Crippen LogP contribution < -0.4 is 26.9 Å². The smallest absolute Gasteiger partial charge is 0.333 e. The summed E-state index contributed by atoms with van der Waals surface area (Å²) in [6, 6.07) is 7.82. The molecule has 1 aliphatic rings. The average molecular weight is 423 g/mol. The van der Waals surface area contributed by atoms with Gasteiger partial charge in [0, 0.05) is 31.3 Å². The molecule has 1 saturated carbocycles. The largest absolute Gasteiger partial charge is 0.497 e. The first-order valence-corrected chi connectivity index (χ1v) is 9.81. The van der Waals surface area contributed by atoms with Crippen LogP contribution in [0.25, 0.3) is 5.69 Å². The highest BCUT2D eigenvalue weighted by Gasteiger charge is 2.25. The predicted octanol–water partition coefficient (Wildman–Crippen LogP) is 0.399. The molecule has 0 bridgehead atoms. The molecule has 0 unspecified atom stereocenters. The van der Waals surface area contributed by atoms with E-state index in [1.165, 1.54) is 24.1 Å². The van der Waals surface area contributed by atoms with Gasteiger partial charge in [0.15, 0.2) is 0 Å². The van der Waals surface area contributed by atoms with Crippen molar-refractivity contribution >= 4 is 5.91 Å². The molecule has 4 rings (SSSR count). The summed E-state index contributed by atoms with van der Waals surface area (Å²) in [5.74, 6) is 0.298. The number of nitrogens with one attached hydrogen (secondary N) is 2. The zero-order valence-electron chi connectivity index (χ0n) is 16.8. The van der Waals surface area contributed by atoms with Crippen molar-refractivity contribution in [3.63, 3.8) is 0 Å². The third-order valence-electron chi connectivity index (χ3n) is 5.09. The number of hydrogen-bond donors (Lipinski definition) is 2. The third kappa shape index (κ3) is 4.32. The number of aromatic amines is 1. The van der Waals surface area contributed by atoms with Crippen LogP contribution in [0.3, 0.4) is 0 Å². The molecule has 31 heavy (non-hydrogen) atoms. The van der Waals surface area contributed by atoms with Crippen LogP contribution in [-0.4, -0.2) is 38.7 Å². The standard InChI is InChI=1S/C21H21N5O5/c1-31-15-6-4-14(5-7-15)26-20(29)16(11-23-21(26)30)19(28)22-8-9-25-12-24-17(10-18(25)27)13-2-3-13/h4-7,10-13H,2-3,8-9H2,1H3,(H,22,28)(H,23,30). The van der Waals surface area contributed by atoms with Gasteiger partial charge in [0.05, 0.1) is 24.8 Å². The van der Waals surface area contributed by atoms with Gasteiger partial charge in [0.25, 0.3) is 17.0 Å².